The first kappa shape index (κ1) is 21.0. The highest BCUT2D eigenvalue weighted by Gasteiger charge is 2.30. The zero-order valence-corrected chi connectivity index (χ0v) is 18.0. The first-order valence-corrected chi connectivity index (χ1v) is 10.3. The average molecular weight is 503 g/mol. The molecule has 30 heavy (non-hydrogen) atoms. The summed E-state index contributed by atoms with van der Waals surface area (Å²) in [4.78, 5) is 17.1. The molecule has 0 saturated heterocycles. The van der Waals surface area contributed by atoms with Crippen LogP contribution in [-0.4, -0.2) is 21.0 Å². The lowest BCUT2D eigenvalue weighted by molar-refractivity contribution is -0.0964. The second-order valence-corrected chi connectivity index (χ2v) is 8.38. The fourth-order valence-electron chi connectivity index (χ4n) is 3.59. The number of alkyl halides is 4. The number of anilines is 1. The molecule has 4 rings (SSSR count). The van der Waals surface area contributed by atoms with Crippen LogP contribution in [0.3, 0.4) is 0 Å². The molecule has 1 unspecified atom stereocenters. The molecule has 0 radical (unpaired) electrons. The van der Waals surface area contributed by atoms with E-state index >= 15 is 0 Å². The Morgan fingerprint density at radius 1 is 1.30 bits per heavy atom. The van der Waals surface area contributed by atoms with Crippen LogP contribution >= 0.6 is 27.5 Å². The molecule has 2 atom stereocenters. The Kier molecular flexibility index (Phi) is 5.44. The van der Waals surface area contributed by atoms with E-state index < -0.39 is 17.6 Å². The summed E-state index contributed by atoms with van der Waals surface area (Å²) in [6, 6.07) is 8.70. The van der Waals surface area contributed by atoms with Crippen molar-refractivity contribution >= 4 is 50.2 Å². The third-order valence-electron chi connectivity index (χ3n) is 4.93. The molecule has 0 aliphatic carbocycles. The quantitative estimate of drug-likeness (QED) is 0.410. The van der Waals surface area contributed by atoms with Gasteiger partial charge in [-0.1, -0.05) is 0 Å². The smallest absolute Gasteiger partial charge is 0.420 e. The third kappa shape index (κ3) is 4.13. The number of halogens is 5. The van der Waals surface area contributed by atoms with E-state index in [1.807, 2.05) is 11.5 Å². The van der Waals surface area contributed by atoms with Gasteiger partial charge in [-0.25, -0.2) is 9.37 Å². The number of benzene rings is 2. The molecule has 2 heterocycles. The molecule has 1 aliphatic rings. The van der Waals surface area contributed by atoms with Crippen molar-refractivity contribution in [3.8, 4) is 5.75 Å². The van der Waals surface area contributed by atoms with Gasteiger partial charge >= 0.3 is 5.57 Å². The van der Waals surface area contributed by atoms with Gasteiger partial charge in [0.05, 0.1) is 11.0 Å². The van der Waals surface area contributed by atoms with E-state index in [-0.39, 0.29) is 11.8 Å². The molecule has 158 valence electrons. The normalized spacial score (nSPS) is 18.9. The highest BCUT2D eigenvalue weighted by molar-refractivity contribution is 9.10. The predicted molar refractivity (Wildman–Crippen MR) is 111 cm³/mol. The Bertz CT molecular complexity index is 1120. The van der Waals surface area contributed by atoms with Gasteiger partial charge in [-0.2, -0.15) is 0 Å². The Morgan fingerprint density at radius 2 is 2.00 bits per heavy atom. The molecule has 2 aromatic carbocycles. The number of imidazole rings is 1. The number of aromatic nitrogens is 2. The lowest BCUT2D eigenvalue weighted by Crippen LogP contribution is -2.17. The summed E-state index contributed by atoms with van der Waals surface area (Å²) in [5, 5.41) is 2.68. The topological polar surface area (TPSA) is 56.1 Å². The molecule has 1 N–H and O–H groups in total. The number of fused-ring (bicyclic) bond motifs is 3. The Labute approximate surface area is 183 Å². The second-order valence-electron chi connectivity index (χ2n) is 7.09. The third-order valence-corrected chi connectivity index (χ3v) is 5.61. The molecule has 1 amide bonds. The van der Waals surface area contributed by atoms with Gasteiger partial charge in [0.15, 0.2) is 6.17 Å². The van der Waals surface area contributed by atoms with Crippen molar-refractivity contribution in [1.82, 2.24) is 9.55 Å². The maximum Gasteiger partial charge on any atom is 0.487 e. The van der Waals surface area contributed by atoms with Gasteiger partial charge in [0.2, 0.25) is 0 Å². The van der Waals surface area contributed by atoms with Crippen LogP contribution in [0.25, 0.3) is 11.0 Å². The van der Waals surface area contributed by atoms with E-state index in [0.29, 0.717) is 39.9 Å². The van der Waals surface area contributed by atoms with E-state index in [9.17, 15) is 18.0 Å². The molecular formula is C20H16BrClF3N3O2. The fourth-order valence-corrected chi connectivity index (χ4v) is 4.32. The van der Waals surface area contributed by atoms with Crippen molar-refractivity contribution in [2.24, 2.45) is 0 Å². The highest BCUT2D eigenvalue weighted by Crippen LogP contribution is 2.39. The highest BCUT2D eigenvalue weighted by atomic mass is 79.9. The van der Waals surface area contributed by atoms with E-state index in [2.05, 4.69) is 31.0 Å². The first-order valence-electron chi connectivity index (χ1n) is 9.15. The van der Waals surface area contributed by atoms with Gasteiger partial charge in [-0.05, 0) is 72.1 Å². The second kappa shape index (κ2) is 7.77. The van der Waals surface area contributed by atoms with Crippen LogP contribution in [0.15, 0.2) is 40.9 Å². The molecular weight excluding hydrogens is 487 g/mol. The van der Waals surface area contributed by atoms with Crippen LogP contribution in [0.5, 0.6) is 5.75 Å². The van der Waals surface area contributed by atoms with E-state index in [1.165, 1.54) is 24.3 Å². The van der Waals surface area contributed by atoms with Crippen molar-refractivity contribution < 1.29 is 22.7 Å². The number of carbonyl (C=O) groups excluding carboxylic acids is 1. The lowest BCUT2D eigenvalue weighted by Gasteiger charge is -2.25. The molecule has 1 aromatic heterocycles. The SMILES string of the molecule is C[C@@H]1CCC(F)c2nc3cc(C(=O)Nc4ccc(OC(F)(F)Cl)cc4)cc(Br)c3n21. The van der Waals surface area contributed by atoms with Crippen LogP contribution in [0.1, 0.15) is 48.2 Å². The molecule has 0 saturated carbocycles. The van der Waals surface area contributed by atoms with Crippen LogP contribution in [0.2, 0.25) is 0 Å². The Balaban J connectivity index is 1.60. The molecule has 1 aliphatic heterocycles. The zero-order chi connectivity index (χ0) is 21.6. The number of hydrogen-bond donors (Lipinski definition) is 1. The summed E-state index contributed by atoms with van der Waals surface area (Å²) in [5.41, 5.74) is -1.84. The minimum atomic E-state index is -3.81. The Morgan fingerprint density at radius 3 is 2.67 bits per heavy atom. The number of amides is 1. The van der Waals surface area contributed by atoms with Gasteiger partial charge < -0.3 is 14.6 Å². The van der Waals surface area contributed by atoms with Crippen molar-refractivity contribution in [2.75, 3.05) is 5.32 Å². The van der Waals surface area contributed by atoms with Crippen molar-refractivity contribution in [2.45, 2.75) is 37.5 Å². The Hall–Kier alpha value is -2.26. The minimum Gasteiger partial charge on any atom is -0.420 e. The van der Waals surface area contributed by atoms with Gasteiger partial charge in [0, 0.05) is 33.4 Å². The molecule has 0 spiro atoms. The zero-order valence-electron chi connectivity index (χ0n) is 15.6. The van der Waals surface area contributed by atoms with E-state index in [0.717, 1.165) is 5.52 Å². The van der Waals surface area contributed by atoms with Gasteiger partial charge in [0.1, 0.15) is 11.6 Å². The van der Waals surface area contributed by atoms with E-state index in [1.54, 1.807) is 12.1 Å². The van der Waals surface area contributed by atoms with E-state index in [4.69, 9.17) is 11.6 Å². The van der Waals surface area contributed by atoms with Crippen LogP contribution in [0, 0.1) is 0 Å². The number of carbonyl (C=O) groups is 1. The number of hydrogen-bond acceptors (Lipinski definition) is 3. The van der Waals surface area contributed by atoms with Gasteiger partial charge in [-0.3, -0.25) is 4.79 Å². The number of nitrogens with one attached hydrogen (secondary N) is 1. The van der Waals surface area contributed by atoms with Crippen molar-refractivity contribution in [3.63, 3.8) is 0 Å². The van der Waals surface area contributed by atoms with Gasteiger partial charge in [0.25, 0.3) is 5.91 Å². The minimum absolute atomic E-state index is 0.106. The summed E-state index contributed by atoms with van der Waals surface area (Å²) < 4.78 is 46.5. The molecule has 0 fully saturated rings. The largest absolute Gasteiger partial charge is 0.487 e. The summed E-state index contributed by atoms with van der Waals surface area (Å²) in [6.45, 7) is 2.01. The standard InChI is InChI=1S/C20H16BrClF3N3O2/c1-10-2-7-15(23)18-27-16-9-11(8-14(21)17(16)28(10)18)19(29)26-12-3-5-13(6-4-12)30-20(22,24)25/h3-6,8-10,15H,2,7H2,1H3,(H,26,29)/t10-,15?/m1/s1. The lowest BCUT2D eigenvalue weighted by atomic mass is 10.0. The summed E-state index contributed by atoms with van der Waals surface area (Å²) >= 11 is 8.21. The first-order chi connectivity index (χ1) is 14.1. The molecule has 5 nitrogen and oxygen atoms in total. The molecule has 10 heteroatoms. The number of rotatable bonds is 4. The fraction of sp³-hybridized carbons (Fsp3) is 0.300. The number of ether oxygens (including phenoxy) is 1. The summed E-state index contributed by atoms with van der Waals surface area (Å²) in [5.74, 6) is -0.200. The maximum atomic E-state index is 14.4. The van der Waals surface area contributed by atoms with Crippen molar-refractivity contribution in [3.05, 3.63) is 52.3 Å². The average Bonchev–Trinajstić information content (AvgIpc) is 3.06. The maximum absolute atomic E-state index is 14.4. The summed E-state index contributed by atoms with van der Waals surface area (Å²) in [7, 11) is 0. The number of nitrogens with zero attached hydrogens (tertiary/aromatic N) is 2. The van der Waals surface area contributed by atoms with Crippen LogP contribution in [0.4, 0.5) is 18.9 Å². The van der Waals surface area contributed by atoms with Crippen LogP contribution in [-0.2, 0) is 0 Å². The van der Waals surface area contributed by atoms with Crippen molar-refractivity contribution in [1.29, 1.82) is 0 Å². The van der Waals surface area contributed by atoms with Gasteiger partial charge in [-0.15, -0.1) is 8.78 Å². The monoisotopic (exact) mass is 501 g/mol. The summed E-state index contributed by atoms with van der Waals surface area (Å²) in [6.07, 6.45) is -0.00652. The molecule has 0 bridgehead atoms. The molecule has 3 aromatic rings. The van der Waals surface area contributed by atoms with Crippen LogP contribution < -0.4 is 10.1 Å². The predicted octanol–water partition coefficient (Wildman–Crippen LogP) is 6.58.